The largest absolute Gasteiger partial charge is 0.361 e. The quantitative estimate of drug-likeness (QED) is 0.320. The van der Waals surface area contributed by atoms with Gasteiger partial charge in [0.05, 0.1) is 11.0 Å². The molecule has 2 fully saturated rings. The van der Waals surface area contributed by atoms with E-state index in [2.05, 4.69) is 88.1 Å². The van der Waals surface area contributed by atoms with Gasteiger partial charge < -0.3 is 14.5 Å². The van der Waals surface area contributed by atoms with Crippen molar-refractivity contribution in [2.45, 2.75) is 32.7 Å². The van der Waals surface area contributed by atoms with Crippen molar-refractivity contribution in [3.63, 3.8) is 0 Å². The van der Waals surface area contributed by atoms with Crippen molar-refractivity contribution in [1.82, 2.24) is 19.4 Å². The number of aromatic nitrogens is 3. The molecular formula is C31H30N4O. The van der Waals surface area contributed by atoms with Gasteiger partial charge in [0, 0.05) is 42.8 Å². The third kappa shape index (κ3) is 3.79. The van der Waals surface area contributed by atoms with Crippen LogP contribution in [0.3, 0.4) is 0 Å². The summed E-state index contributed by atoms with van der Waals surface area (Å²) in [7, 11) is 0. The molecule has 1 saturated heterocycles. The van der Waals surface area contributed by atoms with Gasteiger partial charge >= 0.3 is 0 Å². The normalized spacial score (nSPS) is 17.9. The number of aryl methyl sites for hydroxylation is 1. The lowest BCUT2D eigenvalue weighted by molar-refractivity contribution is -0.131. The minimum Gasteiger partial charge on any atom is -0.361 e. The Hall–Kier alpha value is -3.86. The third-order valence-corrected chi connectivity index (χ3v) is 7.90. The number of hydrogen-bond acceptors (Lipinski definition) is 2. The van der Waals surface area contributed by atoms with E-state index in [0.717, 1.165) is 61.3 Å². The molecular weight excluding hydrogens is 444 g/mol. The average Bonchev–Trinajstić information content (AvgIpc) is 3.30. The number of amides is 1. The molecule has 0 bridgehead atoms. The number of nitrogens with one attached hydrogen (secondary N) is 1. The maximum Gasteiger partial charge on any atom is 0.225 e. The van der Waals surface area contributed by atoms with Crippen molar-refractivity contribution in [3.8, 4) is 22.5 Å². The zero-order valence-corrected chi connectivity index (χ0v) is 20.6. The second kappa shape index (κ2) is 8.37. The van der Waals surface area contributed by atoms with Crippen molar-refractivity contribution in [2.75, 3.05) is 13.1 Å². The Morgan fingerprint density at radius 2 is 1.75 bits per heavy atom. The topological polar surface area (TPSA) is 53.9 Å². The summed E-state index contributed by atoms with van der Waals surface area (Å²) in [5, 5.41) is 1.22. The molecule has 1 amide bonds. The number of imidazole rings is 1. The van der Waals surface area contributed by atoms with Gasteiger partial charge in [-0.2, -0.15) is 0 Å². The van der Waals surface area contributed by atoms with E-state index in [1.807, 2.05) is 6.20 Å². The molecule has 0 unspecified atom stereocenters. The highest BCUT2D eigenvalue weighted by Gasteiger charge is 2.36. The number of likely N-dealkylation sites (tertiary alicyclic amines) is 1. The molecule has 1 N–H and O–H groups in total. The SMILES string of the molecule is Cc1ccc2c(c1)nc(-c1ccc(-c3ccc4[nH]ccc4c3)cc1)n2C[C@@H]1CCN(C(=O)C2CC2)C1. The average molecular weight is 475 g/mol. The fraction of sp³-hybridized carbons (Fsp3) is 0.290. The molecule has 0 spiro atoms. The van der Waals surface area contributed by atoms with Crippen LogP contribution in [0.25, 0.3) is 44.5 Å². The predicted octanol–water partition coefficient (Wildman–Crippen LogP) is 6.42. The van der Waals surface area contributed by atoms with Gasteiger partial charge in [0.1, 0.15) is 5.82 Å². The Balaban J connectivity index is 1.21. The molecule has 180 valence electrons. The van der Waals surface area contributed by atoms with Crippen molar-refractivity contribution >= 4 is 27.8 Å². The van der Waals surface area contributed by atoms with E-state index >= 15 is 0 Å². The Kier molecular flexibility index (Phi) is 4.98. The summed E-state index contributed by atoms with van der Waals surface area (Å²) in [6.07, 6.45) is 5.19. The van der Waals surface area contributed by atoms with E-state index in [1.165, 1.54) is 27.6 Å². The zero-order chi connectivity index (χ0) is 24.2. The van der Waals surface area contributed by atoms with E-state index in [0.29, 0.717) is 17.7 Å². The molecule has 3 heterocycles. The van der Waals surface area contributed by atoms with Crippen molar-refractivity contribution in [3.05, 3.63) is 78.5 Å². The zero-order valence-electron chi connectivity index (χ0n) is 20.6. The number of H-pyrrole nitrogens is 1. The van der Waals surface area contributed by atoms with Gasteiger partial charge in [0.15, 0.2) is 0 Å². The second-order valence-electron chi connectivity index (χ2n) is 10.6. The maximum atomic E-state index is 12.6. The van der Waals surface area contributed by atoms with E-state index in [1.54, 1.807) is 0 Å². The number of rotatable bonds is 5. The first kappa shape index (κ1) is 21.4. The molecule has 5 aromatic rings. The highest BCUT2D eigenvalue weighted by molar-refractivity contribution is 5.86. The predicted molar refractivity (Wildman–Crippen MR) is 145 cm³/mol. The number of nitrogens with zero attached hydrogens (tertiary/aromatic N) is 3. The first-order valence-electron chi connectivity index (χ1n) is 13.1. The molecule has 5 heteroatoms. The van der Waals surface area contributed by atoms with Crippen LogP contribution in [0, 0.1) is 18.8 Å². The summed E-state index contributed by atoms with van der Waals surface area (Å²) in [4.78, 5) is 23.1. The van der Waals surface area contributed by atoms with E-state index < -0.39 is 0 Å². The van der Waals surface area contributed by atoms with Crippen LogP contribution >= 0.6 is 0 Å². The summed E-state index contributed by atoms with van der Waals surface area (Å²) < 4.78 is 2.38. The Bertz CT molecular complexity index is 1590. The lowest BCUT2D eigenvalue weighted by atomic mass is 10.0. The number of benzene rings is 3. The number of carbonyl (C=O) groups excluding carboxylic acids is 1. The van der Waals surface area contributed by atoms with Gasteiger partial charge in [0.25, 0.3) is 0 Å². The Labute approximate surface area is 210 Å². The van der Waals surface area contributed by atoms with Crippen LogP contribution in [0.2, 0.25) is 0 Å². The summed E-state index contributed by atoms with van der Waals surface area (Å²) in [5.74, 6) is 2.14. The summed E-state index contributed by atoms with van der Waals surface area (Å²) in [5.41, 5.74) is 8.12. The number of aromatic amines is 1. The van der Waals surface area contributed by atoms with Crippen molar-refractivity contribution in [1.29, 1.82) is 0 Å². The standard InChI is InChI=1S/C31H30N4O/c1-20-2-11-29-28(16-20)33-30(35(29)19-21-13-15-34(18-21)31(36)24-7-8-24)23-5-3-22(4-6-23)25-9-10-27-26(17-25)12-14-32-27/h2-6,9-12,14,16-17,21,24,32H,7-8,13,15,18-19H2,1H3/t21-/m1/s1. The molecule has 3 aromatic carbocycles. The smallest absolute Gasteiger partial charge is 0.225 e. The number of fused-ring (bicyclic) bond motifs is 2. The van der Waals surface area contributed by atoms with Gasteiger partial charge in [-0.25, -0.2) is 4.98 Å². The molecule has 1 aliphatic heterocycles. The molecule has 5 nitrogen and oxygen atoms in total. The van der Waals surface area contributed by atoms with Gasteiger partial charge in [-0.05, 0) is 84.5 Å². The van der Waals surface area contributed by atoms with Crippen LogP contribution in [-0.2, 0) is 11.3 Å². The number of carbonyl (C=O) groups is 1. The van der Waals surface area contributed by atoms with E-state index in [-0.39, 0.29) is 0 Å². The minimum absolute atomic E-state index is 0.299. The fourth-order valence-electron chi connectivity index (χ4n) is 5.72. The molecule has 1 atom stereocenters. The molecule has 2 aromatic heterocycles. The van der Waals surface area contributed by atoms with E-state index in [9.17, 15) is 4.79 Å². The lowest BCUT2D eigenvalue weighted by Crippen LogP contribution is -2.30. The highest BCUT2D eigenvalue weighted by atomic mass is 16.2. The third-order valence-electron chi connectivity index (χ3n) is 7.90. The van der Waals surface area contributed by atoms with Crippen molar-refractivity contribution < 1.29 is 4.79 Å². The van der Waals surface area contributed by atoms with Crippen LogP contribution in [0.1, 0.15) is 24.8 Å². The first-order valence-corrected chi connectivity index (χ1v) is 13.1. The second-order valence-corrected chi connectivity index (χ2v) is 10.6. The summed E-state index contributed by atoms with van der Waals surface area (Å²) in [6.45, 7) is 4.75. The van der Waals surface area contributed by atoms with E-state index in [4.69, 9.17) is 4.98 Å². The van der Waals surface area contributed by atoms with Gasteiger partial charge in [-0.15, -0.1) is 0 Å². The highest BCUT2D eigenvalue weighted by Crippen LogP contribution is 2.34. The van der Waals surface area contributed by atoms with Gasteiger partial charge in [-0.3, -0.25) is 4.79 Å². The molecule has 1 aliphatic carbocycles. The van der Waals surface area contributed by atoms with Crippen LogP contribution in [0.4, 0.5) is 0 Å². The van der Waals surface area contributed by atoms with Crippen molar-refractivity contribution in [2.24, 2.45) is 11.8 Å². The maximum absolute atomic E-state index is 12.6. The molecule has 0 radical (unpaired) electrons. The minimum atomic E-state index is 0.299. The molecule has 36 heavy (non-hydrogen) atoms. The van der Waals surface area contributed by atoms with Crippen LogP contribution in [0.5, 0.6) is 0 Å². The first-order chi connectivity index (χ1) is 17.6. The Morgan fingerprint density at radius 1 is 0.944 bits per heavy atom. The van der Waals surface area contributed by atoms with Crippen LogP contribution < -0.4 is 0 Å². The summed E-state index contributed by atoms with van der Waals surface area (Å²) >= 11 is 0. The van der Waals surface area contributed by atoms with Crippen LogP contribution in [-0.4, -0.2) is 38.4 Å². The Morgan fingerprint density at radius 3 is 2.58 bits per heavy atom. The molecule has 2 aliphatic rings. The monoisotopic (exact) mass is 474 g/mol. The molecule has 7 rings (SSSR count). The van der Waals surface area contributed by atoms with Crippen LogP contribution in [0.15, 0.2) is 72.9 Å². The van der Waals surface area contributed by atoms with Gasteiger partial charge in [0.2, 0.25) is 5.91 Å². The molecule has 1 saturated carbocycles. The lowest BCUT2D eigenvalue weighted by Gasteiger charge is -2.18. The van der Waals surface area contributed by atoms with Gasteiger partial charge in [-0.1, -0.05) is 36.4 Å². The fourth-order valence-corrected chi connectivity index (χ4v) is 5.72. The summed E-state index contributed by atoms with van der Waals surface area (Å²) in [6, 6.07) is 24.0. The number of hydrogen-bond donors (Lipinski definition) is 1.